The average molecular weight is 537 g/mol. The molecule has 0 aliphatic heterocycles. The third-order valence-electron chi connectivity index (χ3n) is 5.63. The summed E-state index contributed by atoms with van der Waals surface area (Å²) in [6, 6.07) is 26.5. The van der Waals surface area contributed by atoms with Crippen LogP contribution in [0.4, 0.5) is 5.82 Å². The molecule has 36 heavy (non-hydrogen) atoms. The second kappa shape index (κ2) is 10.6. The number of anilines is 1. The minimum Gasteiger partial charge on any atom is -0.486 e. The molecule has 1 N–H and O–H groups in total. The minimum atomic E-state index is -0.269. The van der Waals surface area contributed by atoms with Gasteiger partial charge in [-0.15, -0.1) is 0 Å². The van der Waals surface area contributed by atoms with Crippen molar-refractivity contribution in [2.24, 2.45) is 0 Å². The zero-order chi connectivity index (χ0) is 25.1. The van der Waals surface area contributed by atoms with Gasteiger partial charge in [0.25, 0.3) is 5.91 Å². The smallest absolute Gasteiger partial charge is 0.256 e. The first-order chi connectivity index (χ1) is 17.5. The van der Waals surface area contributed by atoms with Crippen molar-refractivity contribution >= 4 is 57.3 Å². The van der Waals surface area contributed by atoms with Gasteiger partial charge in [0.05, 0.1) is 16.6 Å². The van der Waals surface area contributed by atoms with Crippen molar-refractivity contribution in [1.29, 1.82) is 0 Å². The molecule has 0 aliphatic rings. The molecule has 5 nitrogen and oxygen atoms in total. The molecule has 0 radical (unpaired) electrons. The molecular weight excluding hydrogens is 517 g/mol. The summed E-state index contributed by atoms with van der Waals surface area (Å²) in [5.41, 5.74) is 2.42. The van der Waals surface area contributed by atoms with E-state index in [-0.39, 0.29) is 12.5 Å². The number of amides is 1. The van der Waals surface area contributed by atoms with E-state index in [9.17, 15) is 4.79 Å². The van der Waals surface area contributed by atoms with Gasteiger partial charge in [0.2, 0.25) is 0 Å². The molecule has 1 amide bonds. The van der Waals surface area contributed by atoms with E-state index in [0.717, 1.165) is 11.1 Å². The first-order valence-corrected chi connectivity index (χ1v) is 12.3. The second-order valence-electron chi connectivity index (χ2n) is 8.18. The van der Waals surface area contributed by atoms with Gasteiger partial charge in [-0.25, -0.2) is 0 Å². The Morgan fingerprint density at radius 3 is 2.47 bits per heavy atom. The maximum Gasteiger partial charge on any atom is 0.256 e. The first-order valence-electron chi connectivity index (χ1n) is 11.1. The van der Waals surface area contributed by atoms with Crippen LogP contribution in [0.3, 0.4) is 0 Å². The molecule has 1 aromatic heterocycles. The SMILES string of the molecule is O=C(Nc1ccn(Cc2cccc3ccccc23)n1)c1cccc(COc2c(Cl)cc(Cl)cc2Cl)c1. The quantitative estimate of drug-likeness (QED) is 0.230. The van der Waals surface area contributed by atoms with Gasteiger partial charge in [-0.05, 0) is 46.2 Å². The van der Waals surface area contributed by atoms with E-state index in [1.54, 1.807) is 41.1 Å². The number of ether oxygens (including phenoxy) is 1. The maximum absolute atomic E-state index is 12.9. The Morgan fingerprint density at radius 2 is 1.64 bits per heavy atom. The van der Waals surface area contributed by atoms with Gasteiger partial charge < -0.3 is 10.1 Å². The highest BCUT2D eigenvalue weighted by Gasteiger charge is 2.12. The summed E-state index contributed by atoms with van der Waals surface area (Å²) in [6.07, 6.45) is 1.85. The Balaban J connectivity index is 1.25. The fourth-order valence-corrected chi connectivity index (χ4v) is 4.86. The number of nitrogens with one attached hydrogen (secondary N) is 1. The lowest BCUT2D eigenvalue weighted by Gasteiger charge is -2.11. The van der Waals surface area contributed by atoms with Crippen molar-refractivity contribution in [3.8, 4) is 5.75 Å². The van der Waals surface area contributed by atoms with Crippen LogP contribution in [0, 0.1) is 0 Å². The van der Waals surface area contributed by atoms with Crippen molar-refractivity contribution in [1.82, 2.24) is 9.78 Å². The zero-order valence-electron chi connectivity index (χ0n) is 18.9. The standard InChI is InChI=1S/C28H20Cl3N3O2/c29-22-14-24(30)27(25(31)15-22)36-17-18-5-3-8-20(13-18)28(35)32-26-11-12-34(33-26)16-21-9-4-7-19-6-1-2-10-23(19)21/h1-15H,16-17H2,(H,32,33,35). The second-order valence-corrected chi connectivity index (χ2v) is 9.43. The van der Waals surface area contributed by atoms with Gasteiger partial charge in [0, 0.05) is 22.8 Å². The number of carbonyl (C=O) groups excluding carboxylic acids is 1. The van der Waals surface area contributed by atoms with Crippen LogP contribution in [0.1, 0.15) is 21.5 Å². The van der Waals surface area contributed by atoms with E-state index in [2.05, 4.69) is 34.7 Å². The molecule has 4 aromatic carbocycles. The van der Waals surface area contributed by atoms with Crippen molar-refractivity contribution < 1.29 is 9.53 Å². The van der Waals surface area contributed by atoms with Crippen LogP contribution in [0.25, 0.3) is 10.8 Å². The Kier molecular flexibility index (Phi) is 7.14. The monoisotopic (exact) mass is 535 g/mol. The molecule has 0 unspecified atom stereocenters. The lowest BCUT2D eigenvalue weighted by molar-refractivity contribution is 0.102. The van der Waals surface area contributed by atoms with Crippen molar-refractivity contribution in [3.63, 3.8) is 0 Å². The maximum atomic E-state index is 12.9. The van der Waals surface area contributed by atoms with Gasteiger partial charge >= 0.3 is 0 Å². The minimum absolute atomic E-state index is 0.182. The summed E-state index contributed by atoms with van der Waals surface area (Å²) in [5.74, 6) is 0.547. The van der Waals surface area contributed by atoms with Crippen molar-refractivity contribution in [2.45, 2.75) is 13.2 Å². The van der Waals surface area contributed by atoms with Gasteiger partial charge in [-0.3, -0.25) is 9.48 Å². The summed E-state index contributed by atoms with van der Waals surface area (Å²) >= 11 is 18.3. The third-order valence-corrected chi connectivity index (χ3v) is 6.41. The molecule has 0 spiro atoms. The molecule has 0 saturated heterocycles. The molecule has 0 saturated carbocycles. The molecule has 1 heterocycles. The summed E-state index contributed by atoms with van der Waals surface area (Å²) in [6.45, 7) is 0.779. The third kappa shape index (κ3) is 5.49. The summed E-state index contributed by atoms with van der Waals surface area (Å²) in [7, 11) is 0. The molecule has 0 bridgehead atoms. The lowest BCUT2D eigenvalue weighted by Crippen LogP contribution is -2.13. The van der Waals surface area contributed by atoms with E-state index in [1.165, 1.54) is 10.8 Å². The number of benzene rings is 4. The van der Waals surface area contributed by atoms with Gasteiger partial charge in [0.15, 0.2) is 11.6 Å². The average Bonchev–Trinajstić information content (AvgIpc) is 3.30. The Hall–Kier alpha value is -3.51. The predicted octanol–water partition coefficient (Wildman–Crippen LogP) is 7.88. The van der Waals surface area contributed by atoms with Crippen LogP contribution >= 0.6 is 34.8 Å². The Bertz CT molecular complexity index is 1540. The van der Waals surface area contributed by atoms with Crippen LogP contribution in [-0.4, -0.2) is 15.7 Å². The molecule has 180 valence electrons. The van der Waals surface area contributed by atoms with Crippen molar-refractivity contribution in [3.05, 3.63) is 123 Å². The van der Waals surface area contributed by atoms with E-state index in [0.29, 0.717) is 38.7 Å². The van der Waals surface area contributed by atoms with E-state index in [1.807, 2.05) is 30.5 Å². The molecule has 0 aliphatic carbocycles. The summed E-state index contributed by atoms with van der Waals surface area (Å²) in [4.78, 5) is 12.9. The highest BCUT2D eigenvalue weighted by molar-refractivity contribution is 6.40. The van der Waals surface area contributed by atoms with Crippen LogP contribution in [-0.2, 0) is 13.2 Å². The normalized spacial score (nSPS) is 11.0. The van der Waals surface area contributed by atoms with Gasteiger partial charge in [-0.1, -0.05) is 89.4 Å². The number of halogens is 3. The number of hydrogen-bond acceptors (Lipinski definition) is 3. The Labute approximate surface area is 223 Å². The molecule has 5 rings (SSSR count). The number of hydrogen-bond donors (Lipinski definition) is 1. The van der Waals surface area contributed by atoms with Crippen molar-refractivity contribution in [2.75, 3.05) is 5.32 Å². The fraction of sp³-hybridized carbons (Fsp3) is 0.0714. The van der Waals surface area contributed by atoms with Crippen LogP contribution in [0.15, 0.2) is 91.1 Å². The summed E-state index contributed by atoms with van der Waals surface area (Å²) in [5, 5.41) is 10.8. The number of fused-ring (bicyclic) bond motifs is 1. The molecule has 5 aromatic rings. The van der Waals surface area contributed by atoms with E-state index >= 15 is 0 Å². The molecule has 0 atom stereocenters. The number of aromatic nitrogens is 2. The van der Waals surface area contributed by atoms with E-state index < -0.39 is 0 Å². The van der Waals surface area contributed by atoms with Crippen LogP contribution in [0.5, 0.6) is 5.75 Å². The topological polar surface area (TPSA) is 56.2 Å². The number of nitrogens with zero attached hydrogens (tertiary/aromatic N) is 2. The number of carbonyl (C=O) groups is 1. The van der Waals surface area contributed by atoms with Gasteiger partial charge in [-0.2, -0.15) is 5.10 Å². The largest absolute Gasteiger partial charge is 0.486 e. The first kappa shape index (κ1) is 24.2. The number of rotatable bonds is 7. The molecule has 8 heteroatoms. The highest BCUT2D eigenvalue weighted by atomic mass is 35.5. The zero-order valence-corrected chi connectivity index (χ0v) is 21.2. The molecular formula is C28H20Cl3N3O2. The molecule has 0 fully saturated rings. The highest BCUT2D eigenvalue weighted by Crippen LogP contribution is 2.36. The predicted molar refractivity (Wildman–Crippen MR) is 145 cm³/mol. The summed E-state index contributed by atoms with van der Waals surface area (Å²) < 4.78 is 7.59. The van der Waals surface area contributed by atoms with Crippen LogP contribution < -0.4 is 10.1 Å². The van der Waals surface area contributed by atoms with Crippen LogP contribution in [0.2, 0.25) is 15.1 Å². The lowest BCUT2D eigenvalue weighted by atomic mass is 10.0. The fourth-order valence-electron chi connectivity index (χ4n) is 3.93. The van der Waals surface area contributed by atoms with E-state index in [4.69, 9.17) is 39.5 Å². The Morgan fingerprint density at radius 1 is 0.889 bits per heavy atom. The van der Waals surface area contributed by atoms with Gasteiger partial charge in [0.1, 0.15) is 6.61 Å².